The number of nitrogens with two attached hydrogens (primary N) is 2. The van der Waals surface area contributed by atoms with Crippen LogP contribution in [0.3, 0.4) is 0 Å². The summed E-state index contributed by atoms with van der Waals surface area (Å²) in [4.78, 5) is 30.1. The van der Waals surface area contributed by atoms with Crippen molar-refractivity contribution in [3.8, 4) is 0 Å². The zero-order chi connectivity index (χ0) is 29.9. The van der Waals surface area contributed by atoms with E-state index in [0.29, 0.717) is 16.5 Å². The fourth-order valence-corrected chi connectivity index (χ4v) is 7.00. The maximum absolute atomic E-state index is 12.9. The minimum absolute atomic E-state index is 0.0772. The monoisotopic (exact) mass is 605 g/mol. The number of hydrogen-bond acceptors (Lipinski definition) is 9. The number of nitrogens with one attached hydrogen (secondary N) is 2. The van der Waals surface area contributed by atoms with Gasteiger partial charge in [0.15, 0.2) is 0 Å². The number of hydrogen-bond donors (Lipinski definition) is 4. The van der Waals surface area contributed by atoms with E-state index in [1.807, 2.05) is 43.4 Å². The van der Waals surface area contributed by atoms with Gasteiger partial charge in [0.1, 0.15) is 5.01 Å². The molecular weight excluding hydrogens is 567 g/mol. The van der Waals surface area contributed by atoms with Crippen LogP contribution in [-0.4, -0.2) is 34.1 Å². The van der Waals surface area contributed by atoms with Gasteiger partial charge >= 0.3 is 0 Å². The van der Waals surface area contributed by atoms with Gasteiger partial charge in [-0.25, -0.2) is 0 Å². The highest BCUT2D eigenvalue weighted by molar-refractivity contribution is 8.17. The van der Waals surface area contributed by atoms with Gasteiger partial charge in [0.2, 0.25) is 16.9 Å². The minimum atomic E-state index is -0.147. The summed E-state index contributed by atoms with van der Waals surface area (Å²) in [7, 11) is 1.82. The van der Waals surface area contributed by atoms with E-state index in [1.54, 1.807) is 23.9 Å². The highest BCUT2D eigenvalue weighted by atomic mass is 32.2. The number of rotatable bonds is 11. The summed E-state index contributed by atoms with van der Waals surface area (Å²) >= 11 is 2.98. The molecule has 222 valence electrons. The number of aromatic nitrogens is 2. The first-order chi connectivity index (χ1) is 20.3. The average Bonchev–Trinajstić information content (AvgIpc) is 3.42. The van der Waals surface area contributed by atoms with Crippen molar-refractivity contribution in [3.05, 3.63) is 75.8 Å². The van der Waals surface area contributed by atoms with E-state index >= 15 is 0 Å². The van der Waals surface area contributed by atoms with Gasteiger partial charge in [0.25, 0.3) is 0 Å². The Bertz CT molecular complexity index is 1440. The fraction of sp³-hybridized carbons (Fsp3) is 0.387. The Hall–Kier alpha value is -3.70. The molecule has 1 aliphatic rings. The standard InChI is InChI=1S/C31H39N7O2S2/c1-3-4-14-28(35-26(39)17-20-8-5-12-24(32)15-20)41-29(34-2)22-10-7-11-23(19-22)30-37-38-31(42-30)36-27(40)18-21-9-6-13-25(33)16-21/h5-6,8-9,12-16,22-23H,3-4,7,10-11,17-19,32-33H2,1-2H3,(H,35,39)(H,36,38,40). The molecule has 2 atom stereocenters. The Morgan fingerprint density at radius 2 is 1.74 bits per heavy atom. The van der Waals surface area contributed by atoms with Crippen LogP contribution in [0.4, 0.5) is 16.5 Å². The predicted molar refractivity (Wildman–Crippen MR) is 174 cm³/mol. The van der Waals surface area contributed by atoms with Crippen molar-refractivity contribution in [2.75, 3.05) is 23.8 Å². The van der Waals surface area contributed by atoms with E-state index < -0.39 is 0 Å². The van der Waals surface area contributed by atoms with Gasteiger partial charge in [-0.15, -0.1) is 10.2 Å². The first-order valence-corrected chi connectivity index (χ1v) is 15.9. The maximum atomic E-state index is 12.9. The first-order valence-electron chi connectivity index (χ1n) is 14.3. The average molecular weight is 606 g/mol. The van der Waals surface area contributed by atoms with E-state index in [1.165, 1.54) is 11.3 Å². The normalized spacial score (nSPS) is 17.6. The number of carbonyl (C=O) groups excluding carboxylic acids is 2. The third-order valence-corrected chi connectivity index (χ3v) is 9.22. The molecule has 9 nitrogen and oxygen atoms in total. The van der Waals surface area contributed by atoms with E-state index in [9.17, 15) is 9.59 Å². The number of nitrogen functional groups attached to an aromatic ring is 2. The number of anilines is 3. The molecule has 42 heavy (non-hydrogen) atoms. The molecule has 1 heterocycles. The zero-order valence-electron chi connectivity index (χ0n) is 24.1. The van der Waals surface area contributed by atoms with Crippen LogP contribution < -0.4 is 22.1 Å². The minimum Gasteiger partial charge on any atom is -0.399 e. The molecule has 1 aliphatic carbocycles. The Morgan fingerprint density at radius 3 is 2.38 bits per heavy atom. The van der Waals surface area contributed by atoms with Gasteiger partial charge in [0.05, 0.1) is 22.9 Å². The molecule has 2 amide bonds. The molecule has 1 saturated carbocycles. The second-order valence-corrected chi connectivity index (χ2v) is 12.5. The van der Waals surface area contributed by atoms with Crippen molar-refractivity contribution < 1.29 is 9.59 Å². The molecule has 0 saturated heterocycles. The number of thioether (sulfide) groups is 1. The summed E-state index contributed by atoms with van der Waals surface area (Å²) < 4.78 is 0. The van der Waals surface area contributed by atoms with E-state index in [-0.39, 0.29) is 36.5 Å². The second kappa shape index (κ2) is 15.5. The molecule has 3 aromatic rings. The number of amides is 2. The lowest BCUT2D eigenvalue weighted by atomic mass is 9.82. The van der Waals surface area contributed by atoms with Crippen molar-refractivity contribution >= 4 is 56.5 Å². The lowest BCUT2D eigenvalue weighted by molar-refractivity contribution is -0.119. The lowest BCUT2D eigenvalue weighted by Gasteiger charge is -2.28. The Balaban J connectivity index is 1.35. The number of unbranched alkanes of at least 4 members (excludes halogenated alkanes) is 1. The van der Waals surface area contributed by atoms with Crippen molar-refractivity contribution in [2.24, 2.45) is 10.9 Å². The van der Waals surface area contributed by atoms with Crippen LogP contribution in [0.1, 0.15) is 67.5 Å². The highest BCUT2D eigenvalue weighted by Crippen LogP contribution is 2.41. The number of nitrogens with zero attached hydrogens (tertiary/aromatic N) is 3. The molecule has 0 radical (unpaired) electrons. The molecular formula is C31H39N7O2S2. The molecule has 11 heteroatoms. The molecule has 4 rings (SSSR count). The van der Waals surface area contributed by atoms with E-state index in [0.717, 1.165) is 64.7 Å². The van der Waals surface area contributed by atoms with Crippen molar-refractivity contribution in [1.82, 2.24) is 15.5 Å². The van der Waals surface area contributed by atoms with Crippen LogP contribution in [0.25, 0.3) is 0 Å². The van der Waals surface area contributed by atoms with Crippen LogP contribution in [0.2, 0.25) is 0 Å². The zero-order valence-corrected chi connectivity index (χ0v) is 25.8. The van der Waals surface area contributed by atoms with Gasteiger partial charge in [0, 0.05) is 30.3 Å². The number of allylic oxidation sites excluding steroid dienone is 1. The van der Waals surface area contributed by atoms with Gasteiger partial charge < -0.3 is 22.1 Å². The molecule has 0 bridgehead atoms. The van der Waals surface area contributed by atoms with Gasteiger partial charge in [-0.3, -0.25) is 14.6 Å². The molecule has 2 unspecified atom stereocenters. The summed E-state index contributed by atoms with van der Waals surface area (Å²) in [6.07, 6.45) is 8.38. The molecule has 0 aliphatic heterocycles. The molecule has 1 fully saturated rings. The number of benzene rings is 2. The van der Waals surface area contributed by atoms with Gasteiger partial charge in [-0.2, -0.15) is 0 Å². The van der Waals surface area contributed by atoms with E-state index in [4.69, 9.17) is 11.5 Å². The van der Waals surface area contributed by atoms with Crippen LogP contribution in [0.15, 0.2) is 64.6 Å². The van der Waals surface area contributed by atoms with E-state index in [2.05, 4.69) is 38.8 Å². The largest absolute Gasteiger partial charge is 0.399 e. The summed E-state index contributed by atoms with van der Waals surface area (Å²) in [6.45, 7) is 2.12. The van der Waals surface area contributed by atoms with Crippen molar-refractivity contribution in [3.63, 3.8) is 0 Å². The molecule has 2 aromatic carbocycles. The van der Waals surface area contributed by atoms with Crippen LogP contribution in [0, 0.1) is 5.92 Å². The van der Waals surface area contributed by atoms with Crippen LogP contribution in [-0.2, 0) is 22.4 Å². The summed E-state index contributed by atoms with van der Waals surface area (Å²) in [6, 6.07) is 14.7. The SMILES string of the molecule is CCCC=C(NC(=O)Cc1cccc(N)c1)SC(=NC)C1CCCC(c2nnc(NC(=O)Cc3cccc(N)c3)s2)C1. The Labute approximate surface area is 255 Å². The second-order valence-electron chi connectivity index (χ2n) is 10.5. The highest BCUT2D eigenvalue weighted by Gasteiger charge is 2.30. The van der Waals surface area contributed by atoms with Crippen LogP contribution in [0.5, 0.6) is 0 Å². The summed E-state index contributed by atoms with van der Waals surface area (Å²) in [5.74, 6) is 0.261. The topological polar surface area (TPSA) is 148 Å². The third kappa shape index (κ3) is 9.42. The van der Waals surface area contributed by atoms with Gasteiger partial charge in [-0.1, -0.05) is 73.2 Å². The fourth-order valence-electron chi connectivity index (χ4n) is 5.03. The summed E-state index contributed by atoms with van der Waals surface area (Å²) in [5, 5.41) is 17.9. The van der Waals surface area contributed by atoms with Crippen LogP contribution >= 0.6 is 23.1 Å². The van der Waals surface area contributed by atoms with Crippen molar-refractivity contribution in [1.29, 1.82) is 0 Å². The lowest BCUT2D eigenvalue weighted by Crippen LogP contribution is -2.26. The molecule has 6 N–H and O–H groups in total. The van der Waals surface area contributed by atoms with Gasteiger partial charge in [-0.05, 0) is 61.1 Å². The smallest absolute Gasteiger partial charge is 0.230 e. The Kier molecular flexibility index (Phi) is 11.5. The number of carbonyl (C=O) groups is 2. The van der Waals surface area contributed by atoms with Crippen molar-refractivity contribution in [2.45, 2.75) is 64.2 Å². The predicted octanol–water partition coefficient (Wildman–Crippen LogP) is 5.92. The quantitative estimate of drug-likeness (QED) is 0.120. The summed E-state index contributed by atoms with van der Waals surface area (Å²) in [5.41, 5.74) is 14.7. The third-order valence-electron chi connectivity index (χ3n) is 7.01. The first kappa shape index (κ1) is 31.2. The maximum Gasteiger partial charge on any atom is 0.230 e. The molecule has 1 aromatic heterocycles. The number of aliphatic imine (C=N–C) groups is 1. The Morgan fingerprint density at radius 1 is 1.05 bits per heavy atom. The molecule has 0 spiro atoms.